The van der Waals surface area contributed by atoms with E-state index >= 15 is 0 Å². The molecule has 1 aliphatic rings. The Bertz CT molecular complexity index is 391. The van der Waals surface area contributed by atoms with Crippen molar-refractivity contribution in [1.29, 1.82) is 0 Å². The summed E-state index contributed by atoms with van der Waals surface area (Å²) in [5.41, 5.74) is 0.994. The lowest BCUT2D eigenvalue weighted by Gasteiger charge is -2.31. The molecule has 3 nitrogen and oxygen atoms in total. The van der Waals surface area contributed by atoms with E-state index in [1.807, 2.05) is 30.3 Å². The zero-order valence-electron chi connectivity index (χ0n) is 11.7. The lowest BCUT2D eigenvalue weighted by Crippen LogP contribution is -2.44. The highest BCUT2D eigenvalue weighted by Crippen LogP contribution is 2.26. The predicted molar refractivity (Wildman–Crippen MR) is 79.1 cm³/mol. The second kappa shape index (κ2) is 7.17. The third-order valence-corrected chi connectivity index (χ3v) is 4.01. The van der Waals surface area contributed by atoms with Crippen LogP contribution in [0.15, 0.2) is 30.3 Å². The first-order valence-corrected chi connectivity index (χ1v) is 7.38. The fourth-order valence-corrected chi connectivity index (χ4v) is 2.88. The number of carbonyl (C=O) groups excluding carboxylic acids is 1. The van der Waals surface area contributed by atoms with Gasteiger partial charge in [-0.15, -0.1) is 0 Å². The molecule has 104 valence electrons. The maximum Gasteiger partial charge on any atom is 0.239 e. The van der Waals surface area contributed by atoms with E-state index < -0.39 is 0 Å². The lowest BCUT2D eigenvalue weighted by atomic mass is 9.83. The Morgan fingerprint density at radius 2 is 1.95 bits per heavy atom. The molecule has 0 saturated heterocycles. The van der Waals surface area contributed by atoms with E-state index in [1.165, 1.54) is 19.3 Å². The Labute approximate surface area is 115 Å². The quantitative estimate of drug-likeness (QED) is 0.853. The van der Waals surface area contributed by atoms with Crippen LogP contribution >= 0.6 is 0 Å². The van der Waals surface area contributed by atoms with Crippen molar-refractivity contribution < 1.29 is 4.79 Å². The maximum absolute atomic E-state index is 12.0. The molecule has 0 aromatic heterocycles. The van der Waals surface area contributed by atoms with Crippen LogP contribution in [-0.2, 0) is 4.79 Å². The molecule has 3 heteroatoms. The minimum absolute atomic E-state index is 0.106. The van der Waals surface area contributed by atoms with Crippen molar-refractivity contribution in [3.8, 4) is 0 Å². The van der Waals surface area contributed by atoms with Crippen LogP contribution < -0.4 is 10.6 Å². The van der Waals surface area contributed by atoms with E-state index in [0.717, 1.165) is 18.5 Å². The minimum atomic E-state index is 0.106. The summed E-state index contributed by atoms with van der Waals surface area (Å²) in [6.45, 7) is 2.58. The fraction of sp³-hybridized carbons (Fsp3) is 0.562. The molecule has 0 bridgehead atoms. The summed E-state index contributed by atoms with van der Waals surface area (Å²) in [6, 6.07) is 10.2. The predicted octanol–water partition coefficient (Wildman–Crippen LogP) is 3.18. The molecule has 0 aliphatic heterocycles. The molecule has 0 radical (unpaired) electrons. The Kier molecular flexibility index (Phi) is 5.25. The molecule has 1 fully saturated rings. The zero-order chi connectivity index (χ0) is 13.5. The number of hydrogen-bond acceptors (Lipinski definition) is 2. The van der Waals surface area contributed by atoms with Crippen molar-refractivity contribution in [1.82, 2.24) is 5.32 Å². The lowest BCUT2D eigenvalue weighted by molar-refractivity contribution is -0.120. The number of benzene rings is 1. The van der Waals surface area contributed by atoms with Crippen LogP contribution in [0.4, 0.5) is 5.69 Å². The highest BCUT2D eigenvalue weighted by Gasteiger charge is 2.24. The standard InChI is InChI=1S/C16H24N2O/c1-2-13-8-6-7-11-15(13)18-16(19)12-17-14-9-4-3-5-10-14/h3-5,9-10,13,15,17H,2,6-8,11-12H2,1H3,(H,18,19). The van der Waals surface area contributed by atoms with E-state index in [2.05, 4.69) is 17.6 Å². The fourth-order valence-electron chi connectivity index (χ4n) is 2.88. The zero-order valence-corrected chi connectivity index (χ0v) is 11.7. The molecule has 1 aromatic rings. The first-order chi connectivity index (χ1) is 9.29. The van der Waals surface area contributed by atoms with Crippen LogP contribution in [0.25, 0.3) is 0 Å². The van der Waals surface area contributed by atoms with Crippen molar-refractivity contribution >= 4 is 11.6 Å². The van der Waals surface area contributed by atoms with E-state index in [1.54, 1.807) is 0 Å². The van der Waals surface area contributed by atoms with Crippen molar-refractivity contribution in [3.63, 3.8) is 0 Å². The van der Waals surface area contributed by atoms with Crippen LogP contribution in [0.5, 0.6) is 0 Å². The average Bonchev–Trinajstić information content (AvgIpc) is 2.47. The third kappa shape index (κ3) is 4.27. The molecule has 1 aromatic carbocycles. The number of rotatable bonds is 5. The van der Waals surface area contributed by atoms with Crippen molar-refractivity contribution in [3.05, 3.63) is 30.3 Å². The molecule has 2 rings (SSSR count). The average molecular weight is 260 g/mol. The van der Waals surface area contributed by atoms with Gasteiger partial charge in [0.2, 0.25) is 5.91 Å². The molecule has 0 heterocycles. The normalized spacial score (nSPS) is 22.8. The number of amides is 1. The summed E-state index contributed by atoms with van der Waals surface area (Å²) in [6.07, 6.45) is 6.11. The van der Waals surface area contributed by atoms with Gasteiger partial charge in [-0.2, -0.15) is 0 Å². The van der Waals surface area contributed by atoms with Crippen molar-refractivity contribution in [2.75, 3.05) is 11.9 Å². The molecule has 1 saturated carbocycles. The van der Waals surface area contributed by atoms with Crippen molar-refractivity contribution in [2.24, 2.45) is 5.92 Å². The van der Waals surface area contributed by atoms with E-state index in [-0.39, 0.29) is 5.91 Å². The molecule has 1 aliphatic carbocycles. The highest BCUT2D eigenvalue weighted by atomic mass is 16.1. The second-order valence-electron chi connectivity index (χ2n) is 5.35. The van der Waals surface area contributed by atoms with Gasteiger partial charge >= 0.3 is 0 Å². The van der Waals surface area contributed by atoms with Gasteiger partial charge in [-0.05, 0) is 30.9 Å². The van der Waals surface area contributed by atoms with Gasteiger partial charge in [0.25, 0.3) is 0 Å². The second-order valence-corrected chi connectivity index (χ2v) is 5.35. The van der Waals surface area contributed by atoms with Crippen LogP contribution in [0.2, 0.25) is 0 Å². The molecule has 2 unspecified atom stereocenters. The number of para-hydroxylation sites is 1. The molecular weight excluding hydrogens is 236 g/mol. The summed E-state index contributed by atoms with van der Waals surface area (Å²) in [4.78, 5) is 12.0. The summed E-state index contributed by atoms with van der Waals surface area (Å²) in [5, 5.41) is 6.34. The molecule has 19 heavy (non-hydrogen) atoms. The van der Waals surface area contributed by atoms with Crippen molar-refractivity contribution in [2.45, 2.75) is 45.1 Å². The van der Waals surface area contributed by atoms with Gasteiger partial charge in [-0.1, -0.05) is 44.4 Å². The smallest absolute Gasteiger partial charge is 0.239 e. The van der Waals surface area contributed by atoms with E-state index in [0.29, 0.717) is 18.5 Å². The number of nitrogens with one attached hydrogen (secondary N) is 2. The Morgan fingerprint density at radius 3 is 2.68 bits per heavy atom. The van der Waals surface area contributed by atoms with Gasteiger partial charge in [0.15, 0.2) is 0 Å². The highest BCUT2D eigenvalue weighted by molar-refractivity contribution is 5.81. The van der Waals surface area contributed by atoms with Crippen LogP contribution in [0, 0.1) is 5.92 Å². The van der Waals surface area contributed by atoms with E-state index in [9.17, 15) is 4.79 Å². The van der Waals surface area contributed by atoms with Crippen LogP contribution in [0.3, 0.4) is 0 Å². The maximum atomic E-state index is 12.0. The number of anilines is 1. The minimum Gasteiger partial charge on any atom is -0.376 e. The summed E-state index contributed by atoms with van der Waals surface area (Å²) < 4.78 is 0. The summed E-state index contributed by atoms with van der Waals surface area (Å²) >= 11 is 0. The molecular formula is C16H24N2O. The summed E-state index contributed by atoms with van der Waals surface area (Å²) in [5.74, 6) is 0.767. The summed E-state index contributed by atoms with van der Waals surface area (Å²) in [7, 11) is 0. The molecule has 2 atom stereocenters. The van der Waals surface area contributed by atoms with Gasteiger partial charge in [0, 0.05) is 11.7 Å². The Hall–Kier alpha value is -1.51. The first kappa shape index (κ1) is 13.9. The first-order valence-electron chi connectivity index (χ1n) is 7.38. The van der Waals surface area contributed by atoms with Gasteiger partial charge in [-0.25, -0.2) is 0 Å². The van der Waals surface area contributed by atoms with Gasteiger partial charge in [0.1, 0.15) is 0 Å². The monoisotopic (exact) mass is 260 g/mol. The number of carbonyl (C=O) groups is 1. The Balaban J connectivity index is 1.77. The third-order valence-electron chi connectivity index (χ3n) is 4.01. The van der Waals surface area contributed by atoms with Crippen LogP contribution in [0.1, 0.15) is 39.0 Å². The topological polar surface area (TPSA) is 41.1 Å². The Morgan fingerprint density at radius 1 is 1.21 bits per heavy atom. The SMILES string of the molecule is CCC1CCCCC1NC(=O)CNc1ccccc1. The molecule has 1 amide bonds. The van der Waals surface area contributed by atoms with E-state index in [4.69, 9.17) is 0 Å². The van der Waals surface area contributed by atoms with Gasteiger partial charge in [-0.3, -0.25) is 4.79 Å². The number of hydrogen-bond donors (Lipinski definition) is 2. The molecule has 2 N–H and O–H groups in total. The molecule has 0 spiro atoms. The van der Waals surface area contributed by atoms with Crippen LogP contribution in [-0.4, -0.2) is 18.5 Å². The van der Waals surface area contributed by atoms with Gasteiger partial charge < -0.3 is 10.6 Å². The van der Waals surface area contributed by atoms with Gasteiger partial charge in [0.05, 0.1) is 6.54 Å². The largest absolute Gasteiger partial charge is 0.376 e.